The third-order valence-corrected chi connectivity index (χ3v) is 8.00. The number of benzene rings is 2. The predicted molar refractivity (Wildman–Crippen MR) is 129 cm³/mol. The molecular weight excluding hydrogens is 467 g/mol. The first-order valence-electron chi connectivity index (χ1n) is 11.0. The molecule has 176 valence electrons. The summed E-state index contributed by atoms with van der Waals surface area (Å²) < 4.78 is 40.7. The van der Waals surface area contributed by atoms with E-state index in [9.17, 15) is 13.2 Å². The Balaban J connectivity index is 0.00000259. The molecule has 3 aromatic rings. The van der Waals surface area contributed by atoms with Crippen molar-refractivity contribution in [2.24, 2.45) is 13.0 Å². The zero-order valence-electron chi connectivity index (χ0n) is 18.4. The number of alkyl halides is 3. The number of hydrogen-bond donors (Lipinski definition) is 0. The number of hydrogen-bond acceptors (Lipinski definition) is 3. The summed E-state index contributed by atoms with van der Waals surface area (Å²) in [5, 5.41) is 1.02. The van der Waals surface area contributed by atoms with Gasteiger partial charge in [-0.05, 0) is 48.6 Å². The largest absolute Gasteiger partial charge is 0.416 e. The number of aromatic nitrogens is 2. The average Bonchev–Trinajstić information content (AvgIpc) is 3.16. The Morgan fingerprint density at radius 3 is 2.52 bits per heavy atom. The van der Waals surface area contributed by atoms with Gasteiger partial charge in [0.1, 0.15) is 0 Å². The van der Waals surface area contributed by atoms with Crippen LogP contribution >= 0.6 is 24.2 Å². The molecule has 3 nitrogen and oxygen atoms in total. The molecule has 0 amide bonds. The van der Waals surface area contributed by atoms with Gasteiger partial charge in [-0.1, -0.05) is 54.2 Å². The quantitative estimate of drug-likeness (QED) is 0.285. The van der Waals surface area contributed by atoms with Crippen molar-refractivity contribution in [1.82, 2.24) is 14.5 Å². The minimum atomic E-state index is -4.27. The molecule has 0 spiro atoms. The fourth-order valence-corrected chi connectivity index (χ4v) is 5.93. The molecule has 2 aliphatic rings. The zero-order chi connectivity index (χ0) is 22.3. The summed E-state index contributed by atoms with van der Waals surface area (Å²) in [6.45, 7) is 3.02. The molecule has 33 heavy (non-hydrogen) atoms. The SMILES string of the molecule is Cl.Cn1c(-c2ccccc2)cnc1SCCCN1C[C@@H]2C[C@]2(c2ccc(C(F)(F)F)cc2)C1. The van der Waals surface area contributed by atoms with Gasteiger partial charge in [0, 0.05) is 31.3 Å². The van der Waals surface area contributed by atoms with Crippen LogP contribution in [-0.4, -0.2) is 39.8 Å². The molecule has 1 aliphatic heterocycles. The van der Waals surface area contributed by atoms with Crippen LogP contribution < -0.4 is 0 Å². The van der Waals surface area contributed by atoms with E-state index in [1.165, 1.54) is 17.7 Å². The normalized spacial score (nSPS) is 22.1. The molecule has 2 heterocycles. The van der Waals surface area contributed by atoms with E-state index in [1.807, 2.05) is 24.4 Å². The average molecular weight is 494 g/mol. The molecule has 0 bridgehead atoms. The summed E-state index contributed by atoms with van der Waals surface area (Å²) in [4.78, 5) is 7.06. The maximum absolute atomic E-state index is 12.9. The molecule has 1 saturated heterocycles. The van der Waals surface area contributed by atoms with Crippen LogP contribution in [-0.2, 0) is 18.6 Å². The van der Waals surface area contributed by atoms with E-state index in [1.54, 1.807) is 23.9 Å². The molecule has 1 aromatic heterocycles. The van der Waals surface area contributed by atoms with Crippen LogP contribution in [0.4, 0.5) is 13.2 Å². The molecular formula is C25H27ClF3N3S. The maximum Gasteiger partial charge on any atom is 0.416 e. The fraction of sp³-hybridized carbons (Fsp3) is 0.400. The van der Waals surface area contributed by atoms with Crippen LogP contribution in [0.5, 0.6) is 0 Å². The highest BCUT2D eigenvalue weighted by atomic mass is 35.5. The Morgan fingerprint density at radius 2 is 1.82 bits per heavy atom. The third-order valence-electron chi connectivity index (χ3n) is 6.87. The van der Waals surface area contributed by atoms with E-state index in [0.29, 0.717) is 5.92 Å². The number of fused-ring (bicyclic) bond motifs is 1. The number of nitrogens with zero attached hydrogens (tertiary/aromatic N) is 3. The highest BCUT2D eigenvalue weighted by Gasteiger charge is 2.60. The summed E-state index contributed by atoms with van der Waals surface area (Å²) in [7, 11) is 2.06. The van der Waals surface area contributed by atoms with Crippen LogP contribution in [0.3, 0.4) is 0 Å². The summed E-state index contributed by atoms with van der Waals surface area (Å²) in [5.74, 6) is 1.57. The lowest BCUT2D eigenvalue weighted by Gasteiger charge is -2.21. The molecule has 1 aliphatic carbocycles. The summed E-state index contributed by atoms with van der Waals surface area (Å²) >= 11 is 1.78. The van der Waals surface area contributed by atoms with Gasteiger partial charge < -0.3 is 9.47 Å². The van der Waals surface area contributed by atoms with Crippen LogP contribution in [0.1, 0.15) is 24.0 Å². The Morgan fingerprint density at radius 1 is 1.09 bits per heavy atom. The monoisotopic (exact) mass is 493 g/mol. The van der Waals surface area contributed by atoms with E-state index in [-0.39, 0.29) is 17.8 Å². The Bertz CT molecular complexity index is 1080. The van der Waals surface area contributed by atoms with Gasteiger partial charge in [-0.2, -0.15) is 13.2 Å². The van der Waals surface area contributed by atoms with Crippen LogP contribution in [0.25, 0.3) is 11.3 Å². The number of halogens is 4. The van der Waals surface area contributed by atoms with E-state index in [4.69, 9.17) is 0 Å². The summed E-state index contributed by atoms with van der Waals surface area (Å²) in [5.41, 5.74) is 2.85. The third kappa shape index (κ3) is 4.81. The molecule has 2 atom stereocenters. The zero-order valence-corrected chi connectivity index (χ0v) is 20.0. The van der Waals surface area contributed by atoms with E-state index in [2.05, 4.69) is 33.6 Å². The van der Waals surface area contributed by atoms with Gasteiger partial charge in [0.25, 0.3) is 0 Å². The maximum atomic E-state index is 12.9. The lowest BCUT2D eigenvalue weighted by atomic mass is 9.94. The molecule has 2 fully saturated rings. The van der Waals surface area contributed by atoms with Gasteiger partial charge in [-0.15, -0.1) is 12.4 Å². The van der Waals surface area contributed by atoms with Crippen molar-refractivity contribution in [3.63, 3.8) is 0 Å². The van der Waals surface area contributed by atoms with E-state index in [0.717, 1.165) is 54.6 Å². The topological polar surface area (TPSA) is 21.1 Å². The standard InChI is InChI=1S/C25H26F3N3S.ClH/c1-30-22(18-6-3-2-4-7-18)15-29-23(30)32-13-5-12-31-16-21-14-24(21,17-31)19-8-10-20(11-9-19)25(26,27)28;/h2-4,6-11,15,21H,5,12-14,16-17H2,1H3;1H/t21-,24+;/m0./s1. The number of imidazole rings is 1. The summed E-state index contributed by atoms with van der Waals surface area (Å²) in [6.07, 6.45) is -0.180. The Labute approximate surface area is 202 Å². The van der Waals surface area contributed by atoms with Crippen molar-refractivity contribution >= 4 is 24.2 Å². The first-order chi connectivity index (χ1) is 15.4. The number of likely N-dealkylation sites (tertiary alicyclic amines) is 1. The fourth-order valence-electron chi connectivity index (χ4n) is 5.05. The second-order valence-corrected chi connectivity index (χ2v) is 9.98. The molecule has 0 radical (unpaired) electrons. The lowest BCUT2D eigenvalue weighted by molar-refractivity contribution is -0.137. The van der Waals surface area contributed by atoms with Gasteiger partial charge in [-0.25, -0.2) is 4.98 Å². The number of piperidine rings is 1. The minimum Gasteiger partial charge on any atom is -0.322 e. The van der Waals surface area contributed by atoms with Crippen LogP contribution in [0, 0.1) is 5.92 Å². The van der Waals surface area contributed by atoms with Crippen molar-refractivity contribution in [2.75, 3.05) is 25.4 Å². The Hall–Kier alpha value is -1.96. The van der Waals surface area contributed by atoms with Gasteiger partial charge in [-0.3, -0.25) is 0 Å². The van der Waals surface area contributed by atoms with E-state index < -0.39 is 11.7 Å². The van der Waals surface area contributed by atoms with Crippen molar-refractivity contribution in [1.29, 1.82) is 0 Å². The van der Waals surface area contributed by atoms with Crippen LogP contribution in [0.15, 0.2) is 66.0 Å². The second-order valence-electron chi connectivity index (χ2n) is 8.92. The second kappa shape index (κ2) is 9.35. The van der Waals surface area contributed by atoms with Crippen LogP contribution in [0.2, 0.25) is 0 Å². The van der Waals surface area contributed by atoms with Gasteiger partial charge >= 0.3 is 6.18 Å². The molecule has 0 unspecified atom stereocenters. The van der Waals surface area contributed by atoms with Crippen molar-refractivity contribution in [2.45, 2.75) is 29.6 Å². The van der Waals surface area contributed by atoms with Crippen molar-refractivity contribution in [3.8, 4) is 11.3 Å². The van der Waals surface area contributed by atoms with Gasteiger partial charge in [0.15, 0.2) is 5.16 Å². The molecule has 2 aromatic carbocycles. The predicted octanol–water partition coefficient (Wildman–Crippen LogP) is 6.28. The lowest BCUT2D eigenvalue weighted by Crippen LogP contribution is -2.28. The van der Waals surface area contributed by atoms with Gasteiger partial charge in [0.05, 0.1) is 17.5 Å². The number of thioether (sulfide) groups is 1. The highest BCUT2D eigenvalue weighted by molar-refractivity contribution is 7.99. The molecule has 0 N–H and O–H groups in total. The highest BCUT2D eigenvalue weighted by Crippen LogP contribution is 2.59. The molecule has 8 heteroatoms. The molecule has 1 saturated carbocycles. The Kier molecular flexibility index (Phi) is 6.85. The van der Waals surface area contributed by atoms with E-state index >= 15 is 0 Å². The van der Waals surface area contributed by atoms with Crippen molar-refractivity contribution in [3.05, 3.63) is 71.9 Å². The smallest absolute Gasteiger partial charge is 0.322 e. The molecule has 5 rings (SSSR count). The minimum absolute atomic E-state index is 0. The summed E-state index contributed by atoms with van der Waals surface area (Å²) in [6, 6.07) is 16.1. The van der Waals surface area contributed by atoms with Crippen molar-refractivity contribution < 1.29 is 13.2 Å². The number of rotatable bonds is 7. The first-order valence-corrected chi connectivity index (χ1v) is 12.0. The van der Waals surface area contributed by atoms with Gasteiger partial charge in [0.2, 0.25) is 0 Å². The first kappa shape index (κ1) is 24.2.